The van der Waals surface area contributed by atoms with Gasteiger partial charge in [-0.3, -0.25) is 0 Å². The largest absolute Gasteiger partial charge is 0.497 e. The minimum absolute atomic E-state index is 0.722. The van der Waals surface area contributed by atoms with E-state index in [4.69, 9.17) is 4.74 Å². The van der Waals surface area contributed by atoms with Crippen molar-refractivity contribution in [2.75, 3.05) is 6.61 Å². The summed E-state index contributed by atoms with van der Waals surface area (Å²) in [6, 6.07) is 0. The van der Waals surface area contributed by atoms with Crippen LogP contribution < -0.4 is 0 Å². The molecule has 0 bridgehead atoms. The third-order valence-electron chi connectivity index (χ3n) is 3.25. The van der Waals surface area contributed by atoms with Crippen molar-refractivity contribution in [1.82, 2.24) is 0 Å². The van der Waals surface area contributed by atoms with Crippen LogP contribution in [0, 0.1) is 0 Å². The molecular formula is C18H34O. The molecular weight excluding hydrogens is 232 g/mol. The van der Waals surface area contributed by atoms with E-state index < -0.39 is 0 Å². The zero-order valence-corrected chi connectivity index (χ0v) is 13.2. The molecule has 0 saturated heterocycles. The number of hydrogen-bond donors (Lipinski definition) is 0. The zero-order valence-electron chi connectivity index (χ0n) is 13.2. The summed E-state index contributed by atoms with van der Waals surface area (Å²) in [5.41, 5.74) is 0. The molecule has 0 aliphatic heterocycles. The molecule has 0 rings (SSSR count). The Hall–Kier alpha value is -0.720. The van der Waals surface area contributed by atoms with Gasteiger partial charge < -0.3 is 4.74 Å². The lowest BCUT2D eigenvalue weighted by Crippen LogP contribution is -1.82. The molecule has 0 heterocycles. The molecule has 0 amide bonds. The average Bonchev–Trinajstić information content (AvgIpc) is 2.43. The van der Waals surface area contributed by atoms with E-state index in [-0.39, 0.29) is 0 Å². The summed E-state index contributed by atoms with van der Waals surface area (Å²) in [4.78, 5) is 0. The van der Waals surface area contributed by atoms with Gasteiger partial charge in [0.05, 0.1) is 6.26 Å². The molecule has 0 radical (unpaired) electrons. The van der Waals surface area contributed by atoms with Gasteiger partial charge in [0.1, 0.15) is 6.61 Å². The van der Waals surface area contributed by atoms with E-state index in [1.807, 2.05) is 6.26 Å². The minimum atomic E-state index is 0.722. The normalized spacial score (nSPS) is 11.7. The molecule has 0 fully saturated rings. The van der Waals surface area contributed by atoms with E-state index in [1.54, 1.807) is 0 Å². The maximum absolute atomic E-state index is 5.42. The Morgan fingerprint density at radius 2 is 1.21 bits per heavy atom. The number of rotatable bonds is 14. The Morgan fingerprint density at radius 1 is 0.632 bits per heavy atom. The molecule has 0 saturated carbocycles. The van der Waals surface area contributed by atoms with Crippen LogP contribution in [0.25, 0.3) is 0 Å². The predicted molar refractivity (Wildman–Crippen MR) is 86.4 cm³/mol. The van der Waals surface area contributed by atoms with Crippen molar-refractivity contribution in [1.29, 1.82) is 0 Å². The van der Waals surface area contributed by atoms with Gasteiger partial charge in [0, 0.05) is 0 Å². The van der Waals surface area contributed by atoms with Gasteiger partial charge in [-0.15, -0.1) is 0 Å². The molecule has 0 atom stereocenters. The maximum Gasteiger partial charge on any atom is 0.105 e. The van der Waals surface area contributed by atoms with Gasteiger partial charge in [0.25, 0.3) is 0 Å². The molecule has 0 spiro atoms. The Morgan fingerprint density at radius 3 is 1.89 bits per heavy atom. The molecule has 0 aliphatic rings. The van der Waals surface area contributed by atoms with Crippen LogP contribution >= 0.6 is 0 Å². The van der Waals surface area contributed by atoms with Crippen molar-refractivity contribution in [2.24, 2.45) is 0 Å². The fourth-order valence-electron chi connectivity index (χ4n) is 1.99. The third kappa shape index (κ3) is 17.3. The number of allylic oxidation sites excluding steroid dienone is 2. The highest BCUT2D eigenvalue weighted by Gasteiger charge is 1.86. The van der Waals surface area contributed by atoms with Crippen molar-refractivity contribution >= 4 is 0 Å². The molecule has 0 aromatic carbocycles. The standard InChI is InChI=1S/C18H34O/c1-3-5-7-9-11-13-15-17-19-18-16-14-12-10-8-6-4-2/h13,15-16,18H,3-12,14,17H2,1-2H3. The highest BCUT2D eigenvalue weighted by Crippen LogP contribution is 2.05. The van der Waals surface area contributed by atoms with Gasteiger partial charge >= 0.3 is 0 Å². The topological polar surface area (TPSA) is 9.23 Å². The lowest BCUT2D eigenvalue weighted by atomic mass is 10.1. The van der Waals surface area contributed by atoms with Crippen LogP contribution in [-0.4, -0.2) is 6.61 Å². The molecule has 0 aromatic heterocycles. The van der Waals surface area contributed by atoms with E-state index in [1.165, 1.54) is 64.2 Å². The summed E-state index contributed by atoms with van der Waals surface area (Å²) in [7, 11) is 0. The highest BCUT2D eigenvalue weighted by molar-refractivity contribution is 4.83. The van der Waals surface area contributed by atoms with E-state index in [0.717, 1.165) is 13.0 Å². The maximum atomic E-state index is 5.42. The molecule has 1 heteroatoms. The van der Waals surface area contributed by atoms with Gasteiger partial charge in [-0.1, -0.05) is 70.9 Å². The average molecular weight is 266 g/mol. The van der Waals surface area contributed by atoms with Crippen molar-refractivity contribution in [3.8, 4) is 0 Å². The Kier molecular flexibility index (Phi) is 16.6. The first kappa shape index (κ1) is 18.3. The second kappa shape index (κ2) is 17.3. The second-order valence-corrected chi connectivity index (χ2v) is 5.23. The Labute approximate surface area is 121 Å². The summed E-state index contributed by atoms with van der Waals surface area (Å²) in [5.74, 6) is 0. The summed E-state index contributed by atoms with van der Waals surface area (Å²) in [6.45, 7) is 5.23. The lowest BCUT2D eigenvalue weighted by molar-refractivity contribution is 0.288. The smallest absolute Gasteiger partial charge is 0.105 e. The molecule has 112 valence electrons. The first-order valence-corrected chi connectivity index (χ1v) is 8.33. The fraction of sp³-hybridized carbons (Fsp3) is 0.778. The minimum Gasteiger partial charge on any atom is -0.497 e. The molecule has 0 aliphatic carbocycles. The van der Waals surface area contributed by atoms with Gasteiger partial charge in [0.2, 0.25) is 0 Å². The van der Waals surface area contributed by atoms with Crippen molar-refractivity contribution in [3.05, 3.63) is 24.5 Å². The first-order chi connectivity index (χ1) is 9.41. The van der Waals surface area contributed by atoms with Crippen molar-refractivity contribution in [2.45, 2.75) is 84.5 Å². The zero-order chi connectivity index (χ0) is 14.0. The fourth-order valence-corrected chi connectivity index (χ4v) is 1.99. The molecule has 0 aromatic rings. The Balaban J connectivity index is 3.13. The highest BCUT2D eigenvalue weighted by atomic mass is 16.5. The van der Waals surface area contributed by atoms with Crippen LogP contribution in [0.2, 0.25) is 0 Å². The molecule has 0 unspecified atom stereocenters. The summed E-state index contributed by atoms with van der Waals surface area (Å²) in [6.07, 6.45) is 22.9. The number of ether oxygens (including phenoxy) is 1. The van der Waals surface area contributed by atoms with Gasteiger partial charge in [0.15, 0.2) is 0 Å². The van der Waals surface area contributed by atoms with Crippen LogP contribution in [-0.2, 0) is 4.74 Å². The van der Waals surface area contributed by atoms with E-state index in [2.05, 4.69) is 32.1 Å². The monoisotopic (exact) mass is 266 g/mol. The second-order valence-electron chi connectivity index (χ2n) is 5.23. The van der Waals surface area contributed by atoms with Gasteiger partial charge in [-0.2, -0.15) is 0 Å². The third-order valence-corrected chi connectivity index (χ3v) is 3.25. The molecule has 0 N–H and O–H groups in total. The summed E-state index contributed by atoms with van der Waals surface area (Å²) >= 11 is 0. The van der Waals surface area contributed by atoms with Crippen molar-refractivity contribution in [3.63, 3.8) is 0 Å². The number of hydrogen-bond acceptors (Lipinski definition) is 1. The van der Waals surface area contributed by atoms with E-state index in [9.17, 15) is 0 Å². The van der Waals surface area contributed by atoms with Crippen LogP contribution in [0.3, 0.4) is 0 Å². The predicted octanol–water partition coefficient (Wildman–Crippen LogP) is 6.40. The molecule has 1 nitrogen and oxygen atoms in total. The molecule has 19 heavy (non-hydrogen) atoms. The first-order valence-electron chi connectivity index (χ1n) is 8.33. The van der Waals surface area contributed by atoms with Crippen molar-refractivity contribution < 1.29 is 4.74 Å². The van der Waals surface area contributed by atoms with Gasteiger partial charge in [-0.05, 0) is 31.8 Å². The number of unbranched alkanes of at least 4 members (excludes halogenated alkanes) is 9. The Bertz CT molecular complexity index is 206. The van der Waals surface area contributed by atoms with E-state index >= 15 is 0 Å². The van der Waals surface area contributed by atoms with Crippen LogP contribution in [0.5, 0.6) is 0 Å². The van der Waals surface area contributed by atoms with Crippen LogP contribution in [0.4, 0.5) is 0 Å². The lowest BCUT2D eigenvalue weighted by Gasteiger charge is -1.97. The van der Waals surface area contributed by atoms with E-state index in [0.29, 0.717) is 0 Å². The van der Waals surface area contributed by atoms with Crippen LogP contribution in [0.1, 0.15) is 84.5 Å². The SMILES string of the molecule is CCCCCCC=CCOC=CCCCCCCC. The quantitative estimate of drug-likeness (QED) is 0.201. The summed E-state index contributed by atoms with van der Waals surface area (Å²) < 4.78 is 5.42. The van der Waals surface area contributed by atoms with Crippen LogP contribution in [0.15, 0.2) is 24.5 Å². The summed E-state index contributed by atoms with van der Waals surface area (Å²) in [5, 5.41) is 0. The van der Waals surface area contributed by atoms with Gasteiger partial charge in [-0.25, -0.2) is 0 Å².